The number of fused-ring (bicyclic) bond motifs is 9. The number of para-hydroxylation sites is 2. The summed E-state index contributed by atoms with van der Waals surface area (Å²) in [5.41, 5.74) is 6.30. The van der Waals surface area contributed by atoms with Gasteiger partial charge in [0, 0.05) is 17.0 Å². The second kappa shape index (κ2) is 6.98. The average Bonchev–Trinajstić information content (AvgIpc) is 2.91. The molecule has 4 aliphatic heterocycles. The summed E-state index contributed by atoms with van der Waals surface area (Å²) in [7, 11) is 0. The number of allylic oxidation sites excluding steroid dienone is 2. The van der Waals surface area contributed by atoms with Crippen molar-refractivity contribution in [3.8, 4) is 34.5 Å². The van der Waals surface area contributed by atoms with Gasteiger partial charge in [-0.25, -0.2) is 0 Å². The molecule has 4 aromatic carbocycles. The molecule has 4 nitrogen and oxygen atoms in total. The van der Waals surface area contributed by atoms with Gasteiger partial charge < -0.3 is 18.9 Å². The molecule has 0 saturated carbocycles. The molecule has 168 valence electrons. The Morgan fingerprint density at radius 2 is 1.14 bits per heavy atom. The van der Waals surface area contributed by atoms with Gasteiger partial charge in [0.1, 0.15) is 46.0 Å². The third-order valence-electron chi connectivity index (χ3n) is 7.47. The summed E-state index contributed by atoms with van der Waals surface area (Å²) in [6.07, 6.45) is 1.73. The predicted octanol–water partition coefficient (Wildman–Crippen LogP) is 3.30. The second-order valence-electron chi connectivity index (χ2n) is 9.35. The van der Waals surface area contributed by atoms with Gasteiger partial charge in [-0.05, 0) is 52.2 Å². The lowest BCUT2D eigenvalue weighted by molar-refractivity contribution is 0.409. The summed E-state index contributed by atoms with van der Waals surface area (Å²) in [6, 6.07) is 26.6. The van der Waals surface area contributed by atoms with Crippen LogP contribution in [0, 0.1) is 0 Å². The maximum absolute atomic E-state index is 6.46. The van der Waals surface area contributed by atoms with Gasteiger partial charge in [0.05, 0.1) is 0 Å². The van der Waals surface area contributed by atoms with E-state index in [1.807, 2.05) is 54.6 Å². The SMILES string of the molecule is C=CC1=C2B(c3ccccc3OC2=C)c2cc3c(cc2O1)Oc1cccc2c1B3c1ccccc1O2. The van der Waals surface area contributed by atoms with Crippen molar-refractivity contribution < 1.29 is 18.9 Å². The quantitative estimate of drug-likeness (QED) is 0.350. The van der Waals surface area contributed by atoms with Crippen LogP contribution < -0.4 is 46.3 Å². The zero-order valence-electron chi connectivity index (χ0n) is 19.3. The van der Waals surface area contributed by atoms with E-state index in [0.29, 0.717) is 11.5 Å². The van der Waals surface area contributed by atoms with Gasteiger partial charge in [0.25, 0.3) is 13.4 Å². The summed E-state index contributed by atoms with van der Waals surface area (Å²) in [5.74, 6) is 6.08. The minimum atomic E-state index is -0.0868. The largest absolute Gasteiger partial charge is 0.459 e. The molecule has 0 fully saturated rings. The fourth-order valence-electron chi connectivity index (χ4n) is 5.98. The van der Waals surface area contributed by atoms with E-state index in [1.165, 1.54) is 0 Å². The topological polar surface area (TPSA) is 36.9 Å². The van der Waals surface area contributed by atoms with Crippen LogP contribution in [0.25, 0.3) is 0 Å². The molecule has 0 atom stereocenters. The molecule has 4 aliphatic rings. The monoisotopic (exact) mass is 464 g/mol. The number of rotatable bonds is 1. The predicted molar refractivity (Wildman–Crippen MR) is 143 cm³/mol. The number of hydrogen-bond donors (Lipinski definition) is 0. The summed E-state index contributed by atoms with van der Waals surface area (Å²) in [5, 5.41) is 0. The maximum atomic E-state index is 6.46. The van der Waals surface area contributed by atoms with Crippen molar-refractivity contribution >= 4 is 40.7 Å². The van der Waals surface area contributed by atoms with Gasteiger partial charge in [-0.3, -0.25) is 0 Å². The van der Waals surface area contributed by atoms with Crippen LogP contribution in [0.5, 0.6) is 34.5 Å². The van der Waals surface area contributed by atoms with Crippen LogP contribution >= 0.6 is 0 Å². The first-order valence-electron chi connectivity index (χ1n) is 12.0. The van der Waals surface area contributed by atoms with Crippen LogP contribution in [0.2, 0.25) is 0 Å². The van der Waals surface area contributed by atoms with Crippen LogP contribution in [0.4, 0.5) is 0 Å². The molecule has 0 radical (unpaired) electrons. The van der Waals surface area contributed by atoms with Crippen LogP contribution in [0.15, 0.2) is 115 Å². The molecule has 4 aromatic rings. The molecular formula is C30H18B2O4. The zero-order valence-corrected chi connectivity index (χ0v) is 19.3. The van der Waals surface area contributed by atoms with E-state index in [2.05, 4.69) is 37.4 Å². The van der Waals surface area contributed by atoms with E-state index in [0.717, 1.165) is 67.3 Å². The summed E-state index contributed by atoms with van der Waals surface area (Å²) < 4.78 is 25.2. The van der Waals surface area contributed by atoms with Gasteiger partial charge in [-0.1, -0.05) is 61.7 Å². The van der Waals surface area contributed by atoms with E-state index in [9.17, 15) is 0 Å². The first-order chi connectivity index (χ1) is 17.7. The highest BCUT2D eigenvalue weighted by atomic mass is 16.5. The average molecular weight is 464 g/mol. The molecule has 36 heavy (non-hydrogen) atoms. The summed E-state index contributed by atoms with van der Waals surface area (Å²) in [4.78, 5) is 0. The lowest BCUT2D eigenvalue weighted by Crippen LogP contribution is -2.59. The Hall–Kier alpha value is -4.57. The first-order valence-corrected chi connectivity index (χ1v) is 12.0. The molecule has 6 heteroatoms. The van der Waals surface area contributed by atoms with E-state index < -0.39 is 0 Å². The molecule has 0 unspecified atom stereocenters. The van der Waals surface area contributed by atoms with Crippen molar-refractivity contribution in [2.45, 2.75) is 0 Å². The third kappa shape index (κ3) is 2.51. The van der Waals surface area contributed by atoms with Crippen molar-refractivity contribution in [2.24, 2.45) is 0 Å². The van der Waals surface area contributed by atoms with Crippen molar-refractivity contribution in [1.82, 2.24) is 0 Å². The molecule has 0 bridgehead atoms. The highest BCUT2D eigenvalue weighted by Crippen LogP contribution is 2.38. The fraction of sp³-hybridized carbons (Fsp3) is 0. The number of hydrogen-bond acceptors (Lipinski definition) is 4. The van der Waals surface area contributed by atoms with E-state index in [1.54, 1.807) is 6.08 Å². The van der Waals surface area contributed by atoms with Crippen molar-refractivity contribution in [3.63, 3.8) is 0 Å². The Bertz CT molecular complexity index is 1700. The van der Waals surface area contributed by atoms with Crippen molar-refractivity contribution in [2.75, 3.05) is 0 Å². The number of benzene rings is 4. The van der Waals surface area contributed by atoms with Gasteiger partial charge in [0.2, 0.25) is 0 Å². The van der Waals surface area contributed by atoms with Gasteiger partial charge in [-0.15, -0.1) is 0 Å². The van der Waals surface area contributed by atoms with Crippen molar-refractivity contribution in [3.05, 3.63) is 115 Å². The number of ether oxygens (including phenoxy) is 4. The fourth-order valence-corrected chi connectivity index (χ4v) is 5.98. The molecule has 0 aromatic heterocycles. The lowest BCUT2D eigenvalue weighted by Gasteiger charge is -2.36. The smallest absolute Gasteiger partial charge is 0.260 e. The molecule has 0 spiro atoms. The Morgan fingerprint density at radius 1 is 0.556 bits per heavy atom. The molecule has 0 saturated heterocycles. The van der Waals surface area contributed by atoms with E-state index in [4.69, 9.17) is 18.9 Å². The first kappa shape index (κ1) is 19.7. The highest BCUT2D eigenvalue weighted by molar-refractivity contribution is 6.99. The molecule has 4 heterocycles. The van der Waals surface area contributed by atoms with Gasteiger partial charge in [0.15, 0.2) is 0 Å². The molecule has 0 amide bonds. The van der Waals surface area contributed by atoms with Crippen molar-refractivity contribution in [1.29, 1.82) is 0 Å². The minimum absolute atomic E-state index is 0.0123. The third-order valence-corrected chi connectivity index (χ3v) is 7.47. The highest BCUT2D eigenvalue weighted by Gasteiger charge is 2.45. The summed E-state index contributed by atoms with van der Waals surface area (Å²) >= 11 is 0. The van der Waals surface area contributed by atoms with Gasteiger partial charge >= 0.3 is 0 Å². The molecular weight excluding hydrogens is 446 g/mol. The van der Waals surface area contributed by atoms with E-state index in [-0.39, 0.29) is 13.4 Å². The standard InChI is InChI=1S/C30H18B2O4/c1-3-22-29-17(2)33-23-11-6-4-9-18(23)31(29)20-15-21-28(16-27(20)34-22)36-26-14-8-13-25-30(26)32(21)19-10-5-7-12-24(19)35-25/h3-16H,1-2H2. The van der Waals surface area contributed by atoms with Crippen LogP contribution in [-0.2, 0) is 0 Å². The molecule has 0 N–H and O–H groups in total. The van der Waals surface area contributed by atoms with Crippen LogP contribution in [-0.4, -0.2) is 13.4 Å². The van der Waals surface area contributed by atoms with Crippen LogP contribution in [0.3, 0.4) is 0 Å². The lowest BCUT2D eigenvalue weighted by atomic mass is 9.31. The summed E-state index contributed by atoms with van der Waals surface area (Å²) in [6.45, 7) is 8.12. The molecule has 8 rings (SSSR count). The minimum Gasteiger partial charge on any atom is -0.459 e. The maximum Gasteiger partial charge on any atom is 0.260 e. The van der Waals surface area contributed by atoms with Crippen LogP contribution in [0.1, 0.15) is 0 Å². The normalized spacial score (nSPS) is 15.5. The second-order valence-corrected chi connectivity index (χ2v) is 9.35. The Kier molecular flexibility index (Phi) is 3.82. The zero-order chi connectivity index (χ0) is 24.0. The molecule has 0 aliphatic carbocycles. The van der Waals surface area contributed by atoms with E-state index >= 15 is 0 Å². The van der Waals surface area contributed by atoms with Gasteiger partial charge in [-0.2, -0.15) is 0 Å². The Labute approximate surface area is 209 Å². The Balaban J connectivity index is 1.41. The Morgan fingerprint density at radius 3 is 1.89 bits per heavy atom.